The number of benzene rings is 1. The zero-order chi connectivity index (χ0) is 12.1. The fourth-order valence-corrected chi connectivity index (χ4v) is 1.33. The number of halogens is 1. The smallest absolute Gasteiger partial charge is 0.314 e. The van der Waals surface area contributed by atoms with Crippen LogP contribution < -0.4 is 0 Å². The van der Waals surface area contributed by atoms with Crippen LogP contribution in [0.2, 0.25) is 5.02 Å². The third-order valence-electron chi connectivity index (χ3n) is 2.02. The molecule has 1 atom stereocenters. The summed E-state index contributed by atoms with van der Waals surface area (Å²) < 4.78 is 4.70. The van der Waals surface area contributed by atoms with Crippen molar-refractivity contribution in [2.75, 3.05) is 6.61 Å². The van der Waals surface area contributed by atoms with Crippen molar-refractivity contribution in [1.29, 1.82) is 0 Å². The third kappa shape index (κ3) is 3.55. The van der Waals surface area contributed by atoms with Crippen molar-refractivity contribution < 1.29 is 19.4 Å². The van der Waals surface area contributed by atoms with Crippen LogP contribution in [0, 0.1) is 0 Å². The first kappa shape index (κ1) is 12.5. The first-order valence-electron chi connectivity index (χ1n) is 4.62. The van der Waals surface area contributed by atoms with Gasteiger partial charge >= 0.3 is 11.9 Å². The molecule has 4 nitrogen and oxygen atoms in total. The number of aliphatic carboxylic acids is 1. The lowest BCUT2D eigenvalue weighted by Crippen LogP contribution is -2.19. The van der Waals surface area contributed by atoms with Crippen LogP contribution in [0.5, 0.6) is 0 Å². The Kier molecular flexibility index (Phi) is 4.31. The summed E-state index contributed by atoms with van der Waals surface area (Å²) in [5.74, 6) is -2.40. The number of carbonyl (C=O) groups is 2. The predicted octanol–water partition coefficient (Wildman–Crippen LogP) is 2.07. The van der Waals surface area contributed by atoms with E-state index < -0.39 is 17.9 Å². The Balaban J connectivity index is 2.81. The zero-order valence-electron chi connectivity index (χ0n) is 8.64. The molecule has 86 valence electrons. The van der Waals surface area contributed by atoms with E-state index in [0.717, 1.165) is 0 Å². The second-order valence-electron chi connectivity index (χ2n) is 3.24. The number of carboxylic acids is 1. The second-order valence-corrected chi connectivity index (χ2v) is 3.68. The van der Waals surface area contributed by atoms with E-state index >= 15 is 0 Å². The van der Waals surface area contributed by atoms with Crippen LogP contribution in [0.25, 0.3) is 0 Å². The molecule has 0 bridgehead atoms. The summed E-state index contributed by atoms with van der Waals surface area (Å²) in [7, 11) is 0. The molecule has 0 aliphatic carbocycles. The quantitative estimate of drug-likeness (QED) is 0.821. The van der Waals surface area contributed by atoms with Crippen LogP contribution in [0.3, 0.4) is 0 Å². The molecule has 0 aromatic heterocycles. The van der Waals surface area contributed by atoms with Crippen LogP contribution in [-0.2, 0) is 14.3 Å². The fraction of sp³-hybridized carbons (Fsp3) is 0.273. The normalized spacial score (nSPS) is 11.9. The number of carboxylic acid groups (broad SMARTS) is 1. The van der Waals surface area contributed by atoms with E-state index in [1.54, 1.807) is 24.3 Å². The lowest BCUT2D eigenvalue weighted by molar-refractivity contribution is -0.146. The van der Waals surface area contributed by atoms with Gasteiger partial charge in [0.2, 0.25) is 0 Å². The Morgan fingerprint density at radius 1 is 1.38 bits per heavy atom. The number of esters is 1. The first-order valence-corrected chi connectivity index (χ1v) is 5.00. The van der Waals surface area contributed by atoms with Gasteiger partial charge in [-0.05, 0) is 17.7 Å². The number of ether oxygens (including phenoxy) is 1. The molecule has 0 spiro atoms. The molecular formula is C11H11ClO4. The summed E-state index contributed by atoms with van der Waals surface area (Å²) in [4.78, 5) is 21.6. The molecule has 0 saturated heterocycles. The van der Waals surface area contributed by atoms with Crippen molar-refractivity contribution in [3.8, 4) is 0 Å². The predicted molar refractivity (Wildman–Crippen MR) is 58.5 cm³/mol. The Hall–Kier alpha value is -1.55. The van der Waals surface area contributed by atoms with Gasteiger partial charge in [0.05, 0.1) is 0 Å². The second kappa shape index (κ2) is 5.51. The molecule has 0 heterocycles. The van der Waals surface area contributed by atoms with E-state index in [0.29, 0.717) is 10.6 Å². The van der Waals surface area contributed by atoms with Gasteiger partial charge in [-0.15, -0.1) is 0 Å². The largest absolute Gasteiger partial charge is 0.481 e. The number of hydrogen-bond donors (Lipinski definition) is 1. The number of rotatable bonds is 4. The van der Waals surface area contributed by atoms with E-state index in [2.05, 4.69) is 0 Å². The van der Waals surface area contributed by atoms with Gasteiger partial charge < -0.3 is 9.84 Å². The Bertz CT molecular complexity index is 385. The topological polar surface area (TPSA) is 63.6 Å². The van der Waals surface area contributed by atoms with Gasteiger partial charge in [0.25, 0.3) is 0 Å². The minimum absolute atomic E-state index is 0.174. The lowest BCUT2D eigenvalue weighted by Gasteiger charge is -2.12. The molecule has 0 aliphatic rings. The molecule has 0 unspecified atom stereocenters. The van der Waals surface area contributed by atoms with Gasteiger partial charge in [0, 0.05) is 11.9 Å². The van der Waals surface area contributed by atoms with E-state index in [4.69, 9.17) is 21.4 Å². The molecule has 0 amide bonds. The van der Waals surface area contributed by atoms with Crippen LogP contribution in [0.1, 0.15) is 18.4 Å². The molecular weight excluding hydrogens is 232 g/mol. The summed E-state index contributed by atoms with van der Waals surface area (Å²) in [6.45, 7) is 1.06. The molecule has 0 fully saturated rings. The van der Waals surface area contributed by atoms with Gasteiger partial charge in [-0.3, -0.25) is 9.59 Å². The van der Waals surface area contributed by atoms with Crippen molar-refractivity contribution >= 4 is 23.5 Å². The Morgan fingerprint density at radius 3 is 2.38 bits per heavy atom. The third-order valence-corrected chi connectivity index (χ3v) is 2.28. The maximum Gasteiger partial charge on any atom is 0.314 e. The maximum absolute atomic E-state index is 11.0. The van der Waals surface area contributed by atoms with E-state index in [1.807, 2.05) is 0 Å². The van der Waals surface area contributed by atoms with Crippen molar-refractivity contribution in [2.24, 2.45) is 0 Å². The van der Waals surface area contributed by atoms with Crippen LogP contribution in [-0.4, -0.2) is 23.7 Å². The average Bonchev–Trinajstić information content (AvgIpc) is 2.20. The molecule has 0 aliphatic heterocycles. The van der Waals surface area contributed by atoms with Crippen molar-refractivity contribution in [2.45, 2.75) is 12.8 Å². The molecule has 0 saturated carbocycles. The van der Waals surface area contributed by atoms with Crippen molar-refractivity contribution in [1.82, 2.24) is 0 Å². The van der Waals surface area contributed by atoms with Crippen LogP contribution >= 0.6 is 11.6 Å². The standard InChI is InChI=1S/C11H11ClO4/c1-7(13)16-6-10(11(14)15)8-2-4-9(12)5-3-8/h2-5,10H,6H2,1H3,(H,14,15)/t10-/m0/s1. The van der Waals surface area contributed by atoms with Gasteiger partial charge in [-0.2, -0.15) is 0 Å². The van der Waals surface area contributed by atoms with E-state index in [9.17, 15) is 9.59 Å². The van der Waals surface area contributed by atoms with Crippen LogP contribution in [0.15, 0.2) is 24.3 Å². The summed E-state index contributed by atoms with van der Waals surface area (Å²) in [6.07, 6.45) is 0. The minimum atomic E-state index is -1.04. The monoisotopic (exact) mass is 242 g/mol. The molecule has 0 radical (unpaired) electrons. The Morgan fingerprint density at radius 2 is 1.94 bits per heavy atom. The summed E-state index contributed by atoms with van der Waals surface area (Å²) in [5.41, 5.74) is 0.554. The average molecular weight is 243 g/mol. The maximum atomic E-state index is 11.0. The SMILES string of the molecule is CC(=O)OC[C@H](C(=O)O)c1ccc(Cl)cc1. The fourth-order valence-electron chi connectivity index (χ4n) is 1.21. The molecule has 1 aromatic rings. The highest BCUT2D eigenvalue weighted by Gasteiger charge is 2.21. The van der Waals surface area contributed by atoms with Gasteiger partial charge in [-0.1, -0.05) is 23.7 Å². The Labute approximate surface area is 97.8 Å². The molecule has 1 aromatic carbocycles. The van der Waals surface area contributed by atoms with Gasteiger partial charge in [0.15, 0.2) is 0 Å². The summed E-state index contributed by atoms with van der Waals surface area (Å²) >= 11 is 5.69. The van der Waals surface area contributed by atoms with Crippen LogP contribution in [0.4, 0.5) is 0 Å². The highest BCUT2D eigenvalue weighted by molar-refractivity contribution is 6.30. The lowest BCUT2D eigenvalue weighted by atomic mass is 10.0. The van der Waals surface area contributed by atoms with Crippen molar-refractivity contribution in [3.05, 3.63) is 34.9 Å². The molecule has 16 heavy (non-hydrogen) atoms. The first-order chi connectivity index (χ1) is 7.50. The van der Waals surface area contributed by atoms with E-state index in [-0.39, 0.29) is 6.61 Å². The summed E-state index contributed by atoms with van der Waals surface area (Å²) in [6, 6.07) is 6.40. The molecule has 1 N–H and O–H groups in total. The number of carbonyl (C=O) groups excluding carboxylic acids is 1. The molecule has 1 rings (SSSR count). The van der Waals surface area contributed by atoms with E-state index in [1.165, 1.54) is 6.92 Å². The van der Waals surface area contributed by atoms with Crippen molar-refractivity contribution in [3.63, 3.8) is 0 Å². The zero-order valence-corrected chi connectivity index (χ0v) is 9.40. The van der Waals surface area contributed by atoms with Gasteiger partial charge in [0.1, 0.15) is 12.5 Å². The van der Waals surface area contributed by atoms with Gasteiger partial charge in [-0.25, -0.2) is 0 Å². The highest BCUT2D eigenvalue weighted by Crippen LogP contribution is 2.19. The number of hydrogen-bond acceptors (Lipinski definition) is 3. The molecule has 5 heteroatoms. The summed E-state index contributed by atoms with van der Waals surface area (Å²) in [5, 5.41) is 9.51. The highest BCUT2D eigenvalue weighted by atomic mass is 35.5. The minimum Gasteiger partial charge on any atom is -0.481 e.